The zero-order valence-corrected chi connectivity index (χ0v) is 9.33. The van der Waals surface area contributed by atoms with E-state index in [4.69, 9.17) is 5.73 Å². The number of nitrogens with two attached hydrogens (primary N) is 1. The Hall–Kier alpha value is -2.11. The Morgan fingerprint density at radius 1 is 1.47 bits per heavy atom. The lowest BCUT2D eigenvalue weighted by Crippen LogP contribution is -2.30. The number of nitrogens with one attached hydrogen (secondary N) is 1. The highest BCUT2D eigenvalue weighted by Gasteiger charge is 2.10. The molecule has 6 heteroatoms. The maximum Gasteiger partial charge on any atom is 0.325 e. The van der Waals surface area contributed by atoms with Crippen LogP contribution in [0.5, 0.6) is 0 Å². The number of nitrogen functional groups attached to an aromatic ring is 1. The van der Waals surface area contributed by atoms with Crippen LogP contribution in [0.15, 0.2) is 18.2 Å². The van der Waals surface area contributed by atoms with Gasteiger partial charge < -0.3 is 15.8 Å². The molecular weight excluding hydrogens is 227 g/mol. The topological polar surface area (TPSA) is 81.4 Å². The SMILES string of the molecule is CCOC(=O)CNC(=O)c1ccc(F)c(N)c1. The van der Waals surface area contributed by atoms with Crippen molar-refractivity contribution in [3.05, 3.63) is 29.6 Å². The van der Waals surface area contributed by atoms with Crippen molar-refractivity contribution in [3.63, 3.8) is 0 Å². The van der Waals surface area contributed by atoms with Gasteiger partial charge in [0.1, 0.15) is 12.4 Å². The van der Waals surface area contributed by atoms with Crippen molar-refractivity contribution in [2.75, 3.05) is 18.9 Å². The van der Waals surface area contributed by atoms with Gasteiger partial charge in [-0.05, 0) is 25.1 Å². The number of esters is 1. The van der Waals surface area contributed by atoms with E-state index in [2.05, 4.69) is 10.1 Å². The minimum Gasteiger partial charge on any atom is -0.465 e. The molecule has 5 nitrogen and oxygen atoms in total. The molecule has 0 atom stereocenters. The van der Waals surface area contributed by atoms with Crippen LogP contribution in [0.2, 0.25) is 0 Å². The maximum atomic E-state index is 12.8. The first-order valence-corrected chi connectivity index (χ1v) is 5.03. The standard InChI is InChI=1S/C11H13FN2O3/c1-2-17-10(15)6-14-11(16)7-3-4-8(12)9(13)5-7/h3-5H,2,6,13H2,1H3,(H,14,16). The summed E-state index contributed by atoms with van der Waals surface area (Å²) in [6.45, 7) is 1.68. The number of hydrogen-bond acceptors (Lipinski definition) is 4. The van der Waals surface area contributed by atoms with Gasteiger partial charge in [0.15, 0.2) is 0 Å². The second-order valence-corrected chi connectivity index (χ2v) is 3.22. The molecule has 0 fully saturated rings. The lowest BCUT2D eigenvalue weighted by molar-refractivity contribution is -0.141. The van der Waals surface area contributed by atoms with Gasteiger partial charge in [-0.2, -0.15) is 0 Å². The summed E-state index contributed by atoms with van der Waals surface area (Å²) in [5.41, 5.74) is 5.39. The maximum absolute atomic E-state index is 12.8. The van der Waals surface area contributed by atoms with Gasteiger partial charge in [0.05, 0.1) is 12.3 Å². The summed E-state index contributed by atoms with van der Waals surface area (Å²) in [6.07, 6.45) is 0. The Morgan fingerprint density at radius 2 is 2.18 bits per heavy atom. The molecule has 0 aromatic heterocycles. The molecule has 0 aliphatic carbocycles. The summed E-state index contributed by atoms with van der Waals surface area (Å²) in [7, 11) is 0. The van der Waals surface area contributed by atoms with Crippen molar-refractivity contribution in [1.29, 1.82) is 0 Å². The highest BCUT2D eigenvalue weighted by Crippen LogP contribution is 2.11. The normalized spacial score (nSPS) is 9.76. The van der Waals surface area contributed by atoms with Gasteiger partial charge in [-0.25, -0.2) is 4.39 Å². The zero-order chi connectivity index (χ0) is 12.8. The molecule has 0 aliphatic heterocycles. The summed E-state index contributed by atoms with van der Waals surface area (Å²) in [4.78, 5) is 22.5. The van der Waals surface area contributed by atoms with E-state index in [1.54, 1.807) is 6.92 Å². The molecule has 1 aromatic carbocycles. The number of halogens is 1. The Kier molecular flexibility index (Phi) is 4.45. The molecule has 92 valence electrons. The molecule has 17 heavy (non-hydrogen) atoms. The molecular formula is C11H13FN2O3. The Bertz CT molecular complexity index is 435. The lowest BCUT2D eigenvalue weighted by atomic mass is 10.2. The third-order valence-electron chi connectivity index (χ3n) is 1.96. The first-order valence-electron chi connectivity index (χ1n) is 5.03. The highest BCUT2D eigenvalue weighted by molar-refractivity contribution is 5.96. The number of carbonyl (C=O) groups excluding carboxylic acids is 2. The van der Waals surface area contributed by atoms with E-state index < -0.39 is 17.7 Å². The summed E-state index contributed by atoms with van der Waals surface area (Å²) >= 11 is 0. The van der Waals surface area contributed by atoms with Crippen LogP contribution in [-0.4, -0.2) is 25.0 Å². The van der Waals surface area contributed by atoms with Gasteiger partial charge in [0, 0.05) is 5.56 Å². The molecule has 1 aromatic rings. The van der Waals surface area contributed by atoms with Crippen LogP contribution in [0.4, 0.5) is 10.1 Å². The molecule has 0 bridgehead atoms. The molecule has 0 spiro atoms. The number of anilines is 1. The smallest absolute Gasteiger partial charge is 0.325 e. The Labute approximate surface area is 97.7 Å². The van der Waals surface area contributed by atoms with Crippen molar-refractivity contribution in [2.45, 2.75) is 6.92 Å². The third-order valence-corrected chi connectivity index (χ3v) is 1.96. The van der Waals surface area contributed by atoms with Gasteiger partial charge in [-0.1, -0.05) is 0 Å². The second-order valence-electron chi connectivity index (χ2n) is 3.22. The number of benzene rings is 1. The summed E-state index contributed by atoms with van der Waals surface area (Å²) in [5.74, 6) is -1.63. The van der Waals surface area contributed by atoms with Crippen LogP contribution in [-0.2, 0) is 9.53 Å². The Morgan fingerprint density at radius 3 is 2.76 bits per heavy atom. The van der Waals surface area contributed by atoms with Crippen LogP contribution in [0.3, 0.4) is 0 Å². The summed E-state index contributed by atoms with van der Waals surface area (Å²) < 4.78 is 17.5. The van der Waals surface area contributed by atoms with Gasteiger partial charge >= 0.3 is 5.97 Å². The average molecular weight is 240 g/mol. The van der Waals surface area contributed by atoms with E-state index in [1.807, 2.05) is 0 Å². The fourth-order valence-corrected chi connectivity index (χ4v) is 1.15. The molecule has 0 unspecified atom stereocenters. The quantitative estimate of drug-likeness (QED) is 0.599. The van der Waals surface area contributed by atoms with Gasteiger partial charge in [0.2, 0.25) is 0 Å². The highest BCUT2D eigenvalue weighted by atomic mass is 19.1. The summed E-state index contributed by atoms with van der Waals surface area (Å²) in [5, 5.41) is 2.34. The van der Waals surface area contributed by atoms with E-state index in [0.717, 1.165) is 6.07 Å². The minimum absolute atomic E-state index is 0.117. The largest absolute Gasteiger partial charge is 0.465 e. The molecule has 0 heterocycles. The van der Waals surface area contributed by atoms with Gasteiger partial charge in [-0.15, -0.1) is 0 Å². The van der Waals surface area contributed by atoms with Crippen LogP contribution in [0.1, 0.15) is 17.3 Å². The second kappa shape index (κ2) is 5.83. The van der Waals surface area contributed by atoms with Crippen LogP contribution >= 0.6 is 0 Å². The van der Waals surface area contributed by atoms with E-state index in [0.29, 0.717) is 0 Å². The number of amides is 1. The summed E-state index contributed by atoms with van der Waals surface area (Å²) in [6, 6.07) is 3.58. The van der Waals surface area contributed by atoms with E-state index in [1.165, 1.54) is 12.1 Å². The molecule has 0 radical (unpaired) electrons. The molecule has 3 N–H and O–H groups in total. The van der Waals surface area contributed by atoms with Gasteiger partial charge in [0.25, 0.3) is 5.91 Å². The fourth-order valence-electron chi connectivity index (χ4n) is 1.15. The Balaban J connectivity index is 2.58. The van der Waals surface area contributed by atoms with E-state index in [-0.39, 0.29) is 24.4 Å². The number of hydrogen-bond donors (Lipinski definition) is 2. The zero-order valence-electron chi connectivity index (χ0n) is 9.33. The van der Waals surface area contributed by atoms with Gasteiger partial charge in [-0.3, -0.25) is 9.59 Å². The predicted molar refractivity (Wildman–Crippen MR) is 59.8 cm³/mol. The van der Waals surface area contributed by atoms with Crippen LogP contribution < -0.4 is 11.1 Å². The van der Waals surface area contributed by atoms with Crippen molar-refractivity contribution < 1.29 is 18.7 Å². The predicted octanol–water partition coefficient (Wildman–Crippen LogP) is 0.701. The minimum atomic E-state index is -0.591. The van der Waals surface area contributed by atoms with Crippen LogP contribution in [0.25, 0.3) is 0 Å². The number of carbonyl (C=O) groups is 2. The van der Waals surface area contributed by atoms with Crippen LogP contribution in [0, 0.1) is 5.82 Å². The van der Waals surface area contributed by atoms with Crippen molar-refractivity contribution in [2.24, 2.45) is 0 Å². The first-order chi connectivity index (χ1) is 8.04. The average Bonchev–Trinajstić information content (AvgIpc) is 2.30. The molecule has 1 amide bonds. The first kappa shape index (κ1) is 13.0. The lowest BCUT2D eigenvalue weighted by Gasteiger charge is -2.05. The monoisotopic (exact) mass is 240 g/mol. The van der Waals surface area contributed by atoms with Crippen molar-refractivity contribution in [1.82, 2.24) is 5.32 Å². The fraction of sp³-hybridized carbons (Fsp3) is 0.273. The molecule has 1 rings (SSSR count). The number of ether oxygens (including phenoxy) is 1. The third kappa shape index (κ3) is 3.75. The molecule has 0 saturated heterocycles. The van der Waals surface area contributed by atoms with E-state index in [9.17, 15) is 14.0 Å². The molecule has 0 saturated carbocycles. The number of rotatable bonds is 4. The molecule has 0 aliphatic rings. The van der Waals surface area contributed by atoms with E-state index >= 15 is 0 Å². The van der Waals surface area contributed by atoms with Crippen molar-refractivity contribution in [3.8, 4) is 0 Å². The van der Waals surface area contributed by atoms with Crippen molar-refractivity contribution >= 4 is 17.6 Å².